The molecule has 16 heteroatoms. The topological polar surface area (TPSA) is 203 Å². The summed E-state index contributed by atoms with van der Waals surface area (Å²) in [6, 6.07) is 15.8. The lowest BCUT2D eigenvalue weighted by atomic mass is 9.88. The fourth-order valence-electron chi connectivity index (χ4n) is 11.2. The van der Waals surface area contributed by atoms with Crippen LogP contribution in [0.5, 0.6) is 23.0 Å². The number of carbonyl (C=O) groups is 7. The molecule has 1 aliphatic rings. The van der Waals surface area contributed by atoms with Gasteiger partial charge in [0.05, 0.1) is 33.5 Å². The molecule has 91 heavy (non-hydrogen) atoms. The molecule has 8 bridgehead atoms. The van der Waals surface area contributed by atoms with Gasteiger partial charge in [-0.1, -0.05) is 137 Å². The van der Waals surface area contributed by atoms with Crippen LogP contribution < -0.4 is 18.9 Å². The van der Waals surface area contributed by atoms with E-state index >= 15 is 0 Å². The second-order valence-corrected chi connectivity index (χ2v) is 24.0. The van der Waals surface area contributed by atoms with Gasteiger partial charge >= 0.3 is 29.8 Å². The lowest BCUT2D eigenvalue weighted by molar-refractivity contribution is -0.154. The summed E-state index contributed by atoms with van der Waals surface area (Å²) >= 11 is 0. The van der Waals surface area contributed by atoms with Crippen molar-refractivity contribution in [1.82, 2.24) is 0 Å². The Kier molecular flexibility index (Phi) is 34.1. The van der Waals surface area contributed by atoms with Gasteiger partial charge in [-0.2, -0.15) is 0 Å². The van der Waals surface area contributed by atoms with Crippen LogP contribution in [0.25, 0.3) is 0 Å². The van der Waals surface area contributed by atoms with E-state index in [-0.39, 0.29) is 70.1 Å². The van der Waals surface area contributed by atoms with Crippen LogP contribution in [0.4, 0.5) is 0 Å². The molecule has 1 aliphatic carbocycles. The van der Waals surface area contributed by atoms with Crippen LogP contribution in [0.3, 0.4) is 0 Å². The predicted octanol–water partition coefficient (Wildman–Crippen LogP) is 15.6. The number of ketones is 2. The summed E-state index contributed by atoms with van der Waals surface area (Å²) in [4.78, 5) is 89.3. The summed E-state index contributed by atoms with van der Waals surface area (Å²) in [5.41, 5.74) is 8.57. The van der Waals surface area contributed by atoms with Crippen LogP contribution in [0, 0.1) is 0 Å². The zero-order valence-corrected chi connectivity index (χ0v) is 55.7. The molecule has 0 aliphatic heterocycles. The van der Waals surface area contributed by atoms with Crippen molar-refractivity contribution in [2.45, 2.75) is 241 Å². The van der Waals surface area contributed by atoms with Crippen molar-refractivity contribution >= 4 is 41.4 Å². The van der Waals surface area contributed by atoms with Crippen molar-refractivity contribution < 1.29 is 76.2 Å². The Labute approximate surface area is 541 Å². The fourth-order valence-corrected chi connectivity index (χ4v) is 11.2. The summed E-state index contributed by atoms with van der Waals surface area (Å²) in [5, 5.41) is 0. The third kappa shape index (κ3) is 27.1. The van der Waals surface area contributed by atoms with E-state index in [1.54, 1.807) is 0 Å². The molecule has 0 saturated carbocycles. The van der Waals surface area contributed by atoms with E-state index in [1.165, 1.54) is 21.0 Å². The molecule has 0 radical (unpaired) electrons. The van der Waals surface area contributed by atoms with Gasteiger partial charge in [0, 0.05) is 31.8 Å². The fraction of sp³-hybridized carbons (Fsp3) is 0.560. The molecule has 498 valence electrons. The van der Waals surface area contributed by atoms with Crippen molar-refractivity contribution in [3.05, 3.63) is 128 Å². The number of esters is 5. The van der Waals surface area contributed by atoms with Crippen molar-refractivity contribution in [2.75, 3.05) is 33.5 Å². The van der Waals surface area contributed by atoms with Gasteiger partial charge < -0.3 is 42.6 Å². The van der Waals surface area contributed by atoms with Crippen LogP contribution in [-0.4, -0.2) is 75.0 Å². The van der Waals surface area contributed by atoms with Gasteiger partial charge in [-0.15, -0.1) is 0 Å². The maximum atomic E-state index is 13.3. The Bertz CT molecular complexity index is 3010. The molecule has 0 N–H and O–H groups in total. The van der Waals surface area contributed by atoms with E-state index in [9.17, 15) is 33.6 Å². The lowest BCUT2D eigenvalue weighted by Gasteiger charge is -2.25. The van der Waals surface area contributed by atoms with E-state index < -0.39 is 42.7 Å². The van der Waals surface area contributed by atoms with Gasteiger partial charge in [0.1, 0.15) is 80.3 Å². The first-order chi connectivity index (χ1) is 44.1. The maximum Gasteiger partial charge on any atom is 0.330 e. The van der Waals surface area contributed by atoms with Gasteiger partial charge in [-0.05, 0) is 155 Å². The van der Waals surface area contributed by atoms with Crippen LogP contribution in [0.2, 0.25) is 0 Å². The molecule has 5 rings (SSSR count). The molecule has 4 aromatic carbocycles. The predicted molar refractivity (Wildman–Crippen MR) is 351 cm³/mol. The molecule has 4 aromatic rings. The van der Waals surface area contributed by atoms with Crippen LogP contribution in [0.1, 0.15) is 256 Å². The number of unbranched alkanes of at least 4 members (excludes halogenated alkanes) is 16. The zero-order chi connectivity index (χ0) is 65.8. The Balaban J connectivity index is 1.96. The van der Waals surface area contributed by atoms with Crippen molar-refractivity contribution in [2.24, 2.45) is 0 Å². The Morgan fingerprint density at radius 1 is 0.352 bits per heavy atom. The first-order valence-electron chi connectivity index (χ1n) is 33.5. The van der Waals surface area contributed by atoms with E-state index in [2.05, 4.69) is 34.3 Å². The number of benzene rings is 4. The summed E-state index contributed by atoms with van der Waals surface area (Å²) in [7, 11) is 1.21. The quantitative estimate of drug-likeness (QED) is 0.0117. The smallest absolute Gasteiger partial charge is 0.330 e. The monoisotopic (exact) mass is 1260 g/mol. The summed E-state index contributed by atoms with van der Waals surface area (Å²) in [5.74, 6) is -1.60. The Hall–Kier alpha value is -7.49. The van der Waals surface area contributed by atoms with E-state index in [0.717, 1.165) is 179 Å². The number of hydrogen-bond donors (Lipinski definition) is 0. The molecular weight excluding hydrogens is 1160 g/mol. The van der Waals surface area contributed by atoms with E-state index in [4.69, 9.17) is 42.6 Å². The van der Waals surface area contributed by atoms with Crippen molar-refractivity contribution in [3.8, 4) is 23.0 Å². The highest BCUT2D eigenvalue weighted by Crippen LogP contribution is 2.42. The number of ether oxygens (including phenoxy) is 9. The van der Waals surface area contributed by atoms with Crippen molar-refractivity contribution in [1.29, 1.82) is 0 Å². The van der Waals surface area contributed by atoms with Crippen LogP contribution in [0.15, 0.2) is 61.2 Å². The number of carbonyl (C=O) groups excluding carboxylic acids is 7. The number of rotatable bonds is 43. The highest BCUT2D eigenvalue weighted by molar-refractivity contribution is 5.94. The van der Waals surface area contributed by atoms with Crippen LogP contribution in [-0.2, 0) is 109 Å². The standard InChI is InChI=1S/C75H102O16/c1-9-14-18-22-26-30-84-72-59-36-55(49-88-67(78)13-5)37-60(72)45-65-42-58(52-91-71(82)48-68(79)83-8)43-66(75(65)87-33-29-25-21-17-12-4)47-64-41-57(51-90-70(81)35-54(7)77)40-63(74(64)86-32-28-24-20-16-11-3)46-62-39-56(50-89-69(80)34-53(6)76)38-61(44-59)73(62)85-31-27-23-19-15-10-2/h13,36-43H,5,9-12,14-35,44-52H2,1-4,6-8H3. The number of methoxy groups -OCH3 is 1. The lowest BCUT2D eigenvalue weighted by Crippen LogP contribution is -2.14. The molecule has 0 heterocycles. The molecule has 0 unspecified atom stereocenters. The minimum absolute atomic E-state index is 0.0916. The first kappa shape index (κ1) is 74.2. The maximum absolute atomic E-state index is 13.3. The molecule has 0 aromatic heterocycles. The summed E-state index contributed by atoms with van der Waals surface area (Å²) in [6.45, 7) is 16.0. The molecule has 0 spiro atoms. The SMILES string of the molecule is C=CC(=O)OCc1cc2c(OCCCCCCC)c(c1)Cc1cc(COC(=O)CC(=O)OC)cc(c1OCCCCCCC)Cc1cc(COC(=O)CC(C)=O)cc(c1OCCCCCCC)Cc1cc(COC(=O)CC(C)=O)cc(c1OCCCCCCC)C2. The molecule has 0 saturated heterocycles. The average Bonchev–Trinajstić information content (AvgIpc) is 0.929. The minimum Gasteiger partial charge on any atom is -0.493 e. The second-order valence-electron chi connectivity index (χ2n) is 24.0. The van der Waals surface area contributed by atoms with Crippen molar-refractivity contribution in [3.63, 3.8) is 0 Å². The summed E-state index contributed by atoms with van der Waals surface area (Å²) in [6.07, 6.45) is 20.5. The van der Waals surface area contributed by atoms with Gasteiger partial charge in [0.15, 0.2) is 0 Å². The number of fused-ring (bicyclic) bond motifs is 8. The highest BCUT2D eigenvalue weighted by Gasteiger charge is 2.26. The third-order valence-electron chi connectivity index (χ3n) is 15.8. The van der Waals surface area contributed by atoms with Gasteiger partial charge in [0.2, 0.25) is 0 Å². The highest BCUT2D eigenvalue weighted by atomic mass is 16.6. The van der Waals surface area contributed by atoms with Crippen LogP contribution >= 0.6 is 0 Å². The molecule has 0 fully saturated rings. The Morgan fingerprint density at radius 2 is 0.593 bits per heavy atom. The minimum atomic E-state index is -0.760. The number of Topliss-reactive ketones (excluding diaryl/α,β-unsaturated/α-hetero) is 2. The van der Waals surface area contributed by atoms with Gasteiger partial charge in [0.25, 0.3) is 0 Å². The largest absolute Gasteiger partial charge is 0.493 e. The molecule has 16 nitrogen and oxygen atoms in total. The molecule has 0 atom stereocenters. The van der Waals surface area contributed by atoms with E-state index in [0.29, 0.717) is 71.7 Å². The average molecular weight is 1260 g/mol. The normalized spacial score (nSPS) is 11.7. The first-order valence-corrected chi connectivity index (χ1v) is 33.5. The third-order valence-corrected chi connectivity index (χ3v) is 15.8. The summed E-state index contributed by atoms with van der Waals surface area (Å²) < 4.78 is 56.5. The van der Waals surface area contributed by atoms with Gasteiger partial charge in [-0.25, -0.2) is 4.79 Å². The van der Waals surface area contributed by atoms with E-state index in [1.807, 2.05) is 48.5 Å². The number of hydrogen-bond acceptors (Lipinski definition) is 16. The zero-order valence-electron chi connectivity index (χ0n) is 55.7. The molecule has 0 amide bonds. The molecular formula is C75H102O16. The Morgan fingerprint density at radius 3 is 0.824 bits per heavy atom. The second kappa shape index (κ2) is 41.8. The van der Waals surface area contributed by atoms with Gasteiger partial charge in [-0.3, -0.25) is 28.8 Å².